The fourth-order valence-corrected chi connectivity index (χ4v) is 4.74. The van der Waals surface area contributed by atoms with E-state index in [0.717, 1.165) is 44.5 Å². The standard InChI is InChI=1S/C22H27N5O2/c28-21-13-19(17-3-8-23-9-4-17)24-15-26(21)14-16-5-10-25(11-6-16)20-7-12-27(22(20)29)18-1-2-18/h3-4,8-9,13,15-16,18,20H,1-2,5-7,10-12,14H2. The Kier molecular flexibility index (Phi) is 4.91. The molecule has 7 heteroatoms. The molecule has 3 fully saturated rings. The molecule has 2 aromatic rings. The highest BCUT2D eigenvalue weighted by Crippen LogP contribution is 2.33. The van der Waals surface area contributed by atoms with Crippen LogP contribution in [-0.2, 0) is 11.3 Å². The second-order valence-corrected chi connectivity index (χ2v) is 8.55. The molecule has 0 radical (unpaired) electrons. The van der Waals surface area contributed by atoms with Gasteiger partial charge in [0.25, 0.3) is 5.56 Å². The van der Waals surface area contributed by atoms with Crippen LogP contribution in [0, 0.1) is 5.92 Å². The summed E-state index contributed by atoms with van der Waals surface area (Å²) in [5, 5.41) is 0. The van der Waals surface area contributed by atoms with Gasteiger partial charge in [0.1, 0.15) is 0 Å². The van der Waals surface area contributed by atoms with Crippen LogP contribution in [0.1, 0.15) is 32.1 Å². The second kappa shape index (κ2) is 7.71. The number of aromatic nitrogens is 3. The van der Waals surface area contributed by atoms with E-state index >= 15 is 0 Å². The lowest BCUT2D eigenvalue weighted by atomic mass is 9.95. The molecule has 0 N–H and O–H groups in total. The van der Waals surface area contributed by atoms with Gasteiger partial charge in [0.05, 0.1) is 18.1 Å². The predicted octanol–water partition coefficient (Wildman–Crippen LogP) is 1.78. The summed E-state index contributed by atoms with van der Waals surface area (Å²) in [5.41, 5.74) is 1.57. The van der Waals surface area contributed by atoms with E-state index in [9.17, 15) is 9.59 Å². The molecule has 2 aliphatic heterocycles. The molecule has 7 nitrogen and oxygen atoms in total. The van der Waals surface area contributed by atoms with Gasteiger partial charge < -0.3 is 4.90 Å². The number of likely N-dealkylation sites (tertiary alicyclic amines) is 2. The zero-order valence-corrected chi connectivity index (χ0v) is 16.6. The van der Waals surface area contributed by atoms with Gasteiger partial charge in [-0.05, 0) is 63.2 Å². The number of amides is 1. The van der Waals surface area contributed by atoms with E-state index in [2.05, 4.69) is 19.8 Å². The van der Waals surface area contributed by atoms with Crippen LogP contribution in [0.25, 0.3) is 11.3 Å². The third-order valence-electron chi connectivity index (χ3n) is 6.60. The highest BCUT2D eigenvalue weighted by molar-refractivity contribution is 5.84. The van der Waals surface area contributed by atoms with Gasteiger partial charge in [0.2, 0.25) is 5.91 Å². The molecule has 0 aromatic carbocycles. The number of nitrogens with zero attached hydrogens (tertiary/aromatic N) is 5. The Morgan fingerprint density at radius 3 is 2.41 bits per heavy atom. The second-order valence-electron chi connectivity index (χ2n) is 8.55. The van der Waals surface area contributed by atoms with Crippen molar-refractivity contribution < 1.29 is 4.79 Å². The Balaban J connectivity index is 1.18. The van der Waals surface area contributed by atoms with Crippen LogP contribution < -0.4 is 5.56 Å². The Morgan fingerprint density at radius 2 is 1.72 bits per heavy atom. The van der Waals surface area contributed by atoms with Crippen LogP contribution in [-0.4, -0.2) is 62.0 Å². The maximum absolute atomic E-state index is 12.7. The predicted molar refractivity (Wildman–Crippen MR) is 109 cm³/mol. The van der Waals surface area contributed by atoms with Crippen molar-refractivity contribution in [2.45, 2.75) is 50.7 Å². The molecule has 1 aliphatic carbocycles. The third-order valence-corrected chi connectivity index (χ3v) is 6.60. The van der Waals surface area contributed by atoms with E-state index in [0.29, 0.717) is 30.1 Å². The van der Waals surface area contributed by atoms with Crippen LogP contribution in [0.3, 0.4) is 0 Å². The summed E-state index contributed by atoms with van der Waals surface area (Å²) < 4.78 is 1.72. The van der Waals surface area contributed by atoms with Gasteiger partial charge in [-0.2, -0.15) is 0 Å². The van der Waals surface area contributed by atoms with Crippen molar-refractivity contribution in [1.82, 2.24) is 24.3 Å². The minimum absolute atomic E-state index is 0.0136. The lowest BCUT2D eigenvalue weighted by Gasteiger charge is -2.35. The van der Waals surface area contributed by atoms with E-state index < -0.39 is 0 Å². The maximum atomic E-state index is 12.7. The van der Waals surface area contributed by atoms with Crippen LogP contribution >= 0.6 is 0 Å². The number of pyridine rings is 1. The van der Waals surface area contributed by atoms with Crippen LogP contribution in [0.15, 0.2) is 41.7 Å². The molecule has 1 amide bonds. The maximum Gasteiger partial charge on any atom is 0.253 e. The fraction of sp³-hybridized carbons (Fsp3) is 0.545. The van der Waals surface area contributed by atoms with Crippen LogP contribution in [0.2, 0.25) is 0 Å². The van der Waals surface area contributed by atoms with Gasteiger partial charge in [0, 0.05) is 43.2 Å². The van der Waals surface area contributed by atoms with E-state index in [4.69, 9.17) is 0 Å². The monoisotopic (exact) mass is 393 g/mol. The van der Waals surface area contributed by atoms with E-state index in [1.807, 2.05) is 12.1 Å². The van der Waals surface area contributed by atoms with E-state index in [1.54, 1.807) is 29.4 Å². The summed E-state index contributed by atoms with van der Waals surface area (Å²) in [6.07, 6.45) is 10.5. The molecule has 3 aliphatic rings. The highest BCUT2D eigenvalue weighted by atomic mass is 16.2. The molecule has 152 valence electrons. The zero-order chi connectivity index (χ0) is 19.8. The summed E-state index contributed by atoms with van der Waals surface area (Å²) in [6.45, 7) is 3.51. The first kappa shape index (κ1) is 18.5. The summed E-state index contributed by atoms with van der Waals surface area (Å²) in [7, 11) is 0. The first-order chi connectivity index (χ1) is 14.2. The van der Waals surface area contributed by atoms with Gasteiger partial charge >= 0.3 is 0 Å². The molecule has 0 spiro atoms. The van der Waals surface area contributed by atoms with Crippen LogP contribution in [0.4, 0.5) is 0 Å². The van der Waals surface area contributed by atoms with Crippen molar-refractivity contribution in [3.63, 3.8) is 0 Å². The Hall–Kier alpha value is -2.54. The SMILES string of the molecule is O=C1C(N2CCC(Cn3cnc(-c4ccncc4)cc3=O)CC2)CCN1C1CC1. The minimum atomic E-state index is -0.0136. The molecule has 2 saturated heterocycles. The number of carbonyl (C=O) groups is 1. The quantitative estimate of drug-likeness (QED) is 0.774. The highest BCUT2D eigenvalue weighted by Gasteiger charge is 2.43. The molecule has 4 heterocycles. The lowest BCUT2D eigenvalue weighted by molar-refractivity contribution is -0.133. The lowest BCUT2D eigenvalue weighted by Crippen LogP contribution is -2.46. The van der Waals surface area contributed by atoms with Crippen molar-refractivity contribution in [1.29, 1.82) is 0 Å². The Bertz CT molecular complexity index is 932. The van der Waals surface area contributed by atoms with Crippen molar-refractivity contribution in [3.05, 3.63) is 47.3 Å². The average Bonchev–Trinajstić information content (AvgIpc) is 3.52. The molecule has 5 rings (SSSR count). The van der Waals surface area contributed by atoms with E-state index in [-0.39, 0.29) is 11.6 Å². The first-order valence-electron chi connectivity index (χ1n) is 10.7. The van der Waals surface area contributed by atoms with Crippen molar-refractivity contribution in [3.8, 4) is 11.3 Å². The average molecular weight is 393 g/mol. The number of hydrogen-bond acceptors (Lipinski definition) is 5. The largest absolute Gasteiger partial charge is 0.338 e. The number of carbonyl (C=O) groups excluding carboxylic acids is 1. The molecule has 2 aromatic heterocycles. The zero-order valence-electron chi connectivity index (χ0n) is 16.6. The smallest absolute Gasteiger partial charge is 0.253 e. The third kappa shape index (κ3) is 3.83. The number of piperidine rings is 1. The molecular weight excluding hydrogens is 366 g/mol. The van der Waals surface area contributed by atoms with Gasteiger partial charge in [0.15, 0.2) is 0 Å². The normalized spacial score (nSPS) is 23.7. The Morgan fingerprint density at radius 1 is 0.966 bits per heavy atom. The summed E-state index contributed by atoms with van der Waals surface area (Å²) in [5.74, 6) is 0.798. The van der Waals surface area contributed by atoms with Gasteiger partial charge in [-0.1, -0.05) is 0 Å². The summed E-state index contributed by atoms with van der Waals surface area (Å²) in [6, 6.07) is 5.93. The van der Waals surface area contributed by atoms with Crippen molar-refractivity contribution in [2.24, 2.45) is 5.92 Å². The van der Waals surface area contributed by atoms with Crippen molar-refractivity contribution >= 4 is 5.91 Å². The molecular formula is C22H27N5O2. The van der Waals surface area contributed by atoms with Gasteiger partial charge in [-0.25, -0.2) is 4.98 Å². The molecule has 0 bridgehead atoms. The summed E-state index contributed by atoms with van der Waals surface area (Å²) in [4.78, 5) is 38.2. The molecule has 1 atom stereocenters. The number of rotatable bonds is 5. The fourth-order valence-electron chi connectivity index (χ4n) is 4.74. The number of hydrogen-bond donors (Lipinski definition) is 0. The topological polar surface area (TPSA) is 71.3 Å². The Labute approximate surface area is 170 Å². The molecule has 1 saturated carbocycles. The summed E-state index contributed by atoms with van der Waals surface area (Å²) >= 11 is 0. The van der Waals surface area contributed by atoms with Crippen molar-refractivity contribution in [2.75, 3.05) is 19.6 Å². The van der Waals surface area contributed by atoms with Gasteiger partial charge in [-0.3, -0.25) is 24.0 Å². The van der Waals surface area contributed by atoms with E-state index in [1.165, 1.54) is 12.8 Å². The van der Waals surface area contributed by atoms with Gasteiger partial charge in [-0.15, -0.1) is 0 Å². The van der Waals surface area contributed by atoms with Crippen LogP contribution in [0.5, 0.6) is 0 Å². The molecule has 29 heavy (non-hydrogen) atoms. The first-order valence-corrected chi connectivity index (χ1v) is 10.7. The molecule has 1 unspecified atom stereocenters. The minimum Gasteiger partial charge on any atom is -0.338 e.